The number of rotatable bonds is 3. The molecule has 1 unspecified atom stereocenters. The molecule has 0 fully saturated rings. The van der Waals surface area contributed by atoms with Gasteiger partial charge in [0, 0.05) is 23.0 Å². The number of aromatic nitrogens is 1. The summed E-state index contributed by atoms with van der Waals surface area (Å²) in [5.74, 6) is 0. The fourth-order valence-electron chi connectivity index (χ4n) is 1.33. The van der Waals surface area contributed by atoms with Crippen molar-refractivity contribution in [1.29, 1.82) is 0 Å². The summed E-state index contributed by atoms with van der Waals surface area (Å²) in [7, 11) is 0. The zero-order valence-corrected chi connectivity index (χ0v) is 12.4. The molecule has 1 aromatic carbocycles. The van der Waals surface area contributed by atoms with Crippen LogP contribution < -0.4 is 0 Å². The van der Waals surface area contributed by atoms with Gasteiger partial charge in [-0.25, -0.2) is 0 Å². The number of azo groups is 1. The van der Waals surface area contributed by atoms with E-state index >= 15 is 0 Å². The summed E-state index contributed by atoms with van der Waals surface area (Å²) >= 11 is 23.8. The maximum atomic E-state index is 6.11. The molecule has 0 saturated carbocycles. The Morgan fingerprint density at radius 2 is 1.53 bits per heavy atom. The lowest BCUT2D eigenvalue weighted by molar-refractivity contribution is 0.917. The van der Waals surface area contributed by atoms with Gasteiger partial charge >= 0.3 is 0 Å². The number of hydrogen-bond acceptors (Lipinski definition) is 3. The Bertz CT molecular complexity index is 578. The maximum Gasteiger partial charge on any atom is 0.172 e. The summed E-state index contributed by atoms with van der Waals surface area (Å²) in [5.41, 5.74) is 0.341. The molecule has 1 aromatic heterocycles. The van der Waals surface area contributed by atoms with Crippen molar-refractivity contribution in [3.63, 3.8) is 0 Å². The highest BCUT2D eigenvalue weighted by Gasteiger charge is 2.15. The van der Waals surface area contributed by atoms with Crippen molar-refractivity contribution in [2.45, 2.75) is 5.50 Å². The normalized spacial score (nSPS) is 12.8. The predicted octanol–water partition coefficient (Wildman–Crippen LogP) is 6.06. The van der Waals surface area contributed by atoms with E-state index in [4.69, 9.17) is 46.4 Å². The highest BCUT2D eigenvalue weighted by Crippen LogP contribution is 2.34. The predicted molar refractivity (Wildman–Crippen MR) is 78.8 cm³/mol. The van der Waals surface area contributed by atoms with Crippen LogP contribution in [0.2, 0.25) is 15.1 Å². The molecule has 0 amide bonds. The first-order valence-corrected chi connectivity index (χ1v) is 6.74. The second kappa shape index (κ2) is 6.53. The molecule has 2 rings (SSSR count). The number of halogens is 4. The van der Waals surface area contributed by atoms with Gasteiger partial charge in [-0.1, -0.05) is 46.4 Å². The van der Waals surface area contributed by atoms with Crippen molar-refractivity contribution in [1.82, 2.24) is 4.98 Å². The van der Waals surface area contributed by atoms with Crippen molar-refractivity contribution in [3.8, 4) is 0 Å². The highest BCUT2D eigenvalue weighted by molar-refractivity contribution is 6.37. The zero-order valence-electron chi connectivity index (χ0n) is 9.39. The summed E-state index contributed by atoms with van der Waals surface area (Å²) in [4.78, 5) is 3.85. The van der Waals surface area contributed by atoms with Crippen LogP contribution in [-0.2, 0) is 0 Å². The van der Waals surface area contributed by atoms with Gasteiger partial charge < -0.3 is 0 Å². The van der Waals surface area contributed by atoms with Crippen molar-refractivity contribution in [2.24, 2.45) is 10.2 Å². The van der Waals surface area contributed by atoms with E-state index in [-0.39, 0.29) is 0 Å². The lowest BCUT2D eigenvalue weighted by Crippen LogP contribution is -1.90. The largest absolute Gasteiger partial charge is 0.262 e. The standard InChI is InChI=1S/C12H7Cl4N3/c13-7-1-3-8(4-2-7)18-19-12(16)11-9(14)5-17-6-10(11)15/h1-6,12H. The summed E-state index contributed by atoms with van der Waals surface area (Å²) in [6.45, 7) is 0. The maximum absolute atomic E-state index is 6.11. The number of nitrogens with zero attached hydrogens (tertiary/aromatic N) is 3. The first-order chi connectivity index (χ1) is 9.08. The minimum Gasteiger partial charge on any atom is -0.262 e. The summed E-state index contributed by atoms with van der Waals surface area (Å²) in [5, 5.41) is 9.29. The molecule has 0 spiro atoms. The molecule has 0 aliphatic rings. The fourth-order valence-corrected chi connectivity index (χ4v) is 2.42. The van der Waals surface area contributed by atoms with Crippen LogP contribution >= 0.6 is 46.4 Å². The topological polar surface area (TPSA) is 37.6 Å². The van der Waals surface area contributed by atoms with Gasteiger partial charge in [0.15, 0.2) is 5.50 Å². The Morgan fingerprint density at radius 1 is 0.947 bits per heavy atom. The minimum absolute atomic E-state index is 0.350. The Morgan fingerprint density at radius 3 is 2.11 bits per heavy atom. The Labute approximate surface area is 130 Å². The summed E-state index contributed by atoms with van der Waals surface area (Å²) < 4.78 is 0. The second-order valence-electron chi connectivity index (χ2n) is 3.54. The van der Waals surface area contributed by atoms with Crippen molar-refractivity contribution >= 4 is 52.1 Å². The van der Waals surface area contributed by atoms with E-state index in [9.17, 15) is 0 Å². The monoisotopic (exact) mass is 333 g/mol. The van der Waals surface area contributed by atoms with Crippen LogP contribution in [0.1, 0.15) is 11.1 Å². The first kappa shape index (κ1) is 14.5. The number of hydrogen-bond donors (Lipinski definition) is 0. The zero-order chi connectivity index (χ0) is 13.8. The van der Waals surface area contributed by atoms with E-state index in [1.165, 1.54) is 12.4 Å². The molecular weight excluding hydrogens is 328 g/mol. The fraction of sp³-hybridized carbons (Fsp3) is 0.0833. The third-order valence-corrected chi connectivity index (χ3v) is 3.39. The van der Waals surface area contributed by atoms with Gasteiger partial charge in [-0.2, -0.15) is 10.2 Å². The molecule has 1 heterocycles. The molecule has 7 heteroatoms. The van der Waals surface area contributed by atoms with E-state index < -0.39 is 5.50 Å². The van der Waals surface area contributed by atoms with Crippen LogP contribution in [0.25, 0.3) is 0 Å². The lowest BCUT2D eigenvalue weighted by Gasteiger charge is -2.07. The Balaban J connectivity index is 2.21. The van der Waals surface area contributed by atoms with E-state index in [2.05, 4.69) is 15.2 Å². The van der Waals surface area contributed by atoms with Gasteiger partial charge in [0.1, 0.15) is 0 Å². The number of alkyl halides is 1. The molecule has 3 nitrogen and oxygen atoms in total. The lowest BCUT2D eigenvalue weighted by atomic mass is 10.2. The van der Waals surface area contributed by atoms with Crippen LogP contribution in [0, 0.1) is 0 Å². The molecule has 0 aliphatic carbocycles. The molecular formula is C12H7Cl4N3. The Hall–Kier alpha value is -0.870. The number of pyridine rings is 1. The van der Waals surface area contributed by atoms with Gasteiger partial charge in [0.25, 0.3) is 0 Å². The minimum atomic E-state index is -0.779. The highest BCUT2D eigenvalue weighted by atomic mass is 35.5. The number of benzene rings is 1. The second-order valence-corrected chi connectivity index (χ2v) is 5.21. The van der Waals surface area contributed by atoms with Gasteiger partial charge in [0.2, 0.25) is 0 Å². The van der Waals surface area contributed by atoms with Crippen LogP contribution in [0.3, 0.4) is 0 Å². The average Bonchev–Trinajstić information content (AvgIpc) is 2.38. The van der Waals surface area contributed by atoms with Crippen molar-refractivity contribution in [3.05, 3.63) is 57.3 Å². The smallest absolute Gasteiger partial charge is 0.172 e. The first-order valence-electron chi connectivity index (χ1n) is 5.17. The molecule has 0 radical (unpaired) electrons. The van der Waals surface area contributed by atoms with Crippen LogP contribution in [0.15, 0.2) is 46.9 Å². The van der Waals surface area contributed by atoms with E-state index in [0.717, 1.165) is 0 Å². The quantitative estimate of drug-likeness (QED) is 0.381. The molecule has 0 bridgehead atoms. The van der Waals surface area contributed by atoms with Gasteiger partial charge in [0.05, 0.1) is 15.7 Å². The molecule has 2 aromatic rings. The average molecular weight is 335 g/mol. The third kappa shape index (κ3) is 3.80. The van der Waals surface area contributed by atoms with Crippen LogP contribution in [0.5, 0.6) is 0 Å². The molecule has 0 N–H and O–H groups in total. The molecule has 0 saturated heterocycles. The van der Waals surface area contributed by atoms with Gasteiger partial charge in [-0.05, 0) is 24.3 Å². The Kier molecular flexibility index (Phi) is 4.99. The molecule has 98 valence electrons. The van der Waals surface area contributed by atoms with E-state index in [1.807, 2.05) is 0 Å². The third-order valence-electron chi connectivity index (χ3n) is 2.23. The van der Waals surface area contributed by atoms with Crippen molar-refractivity contribution < 1.29 is 0 Å². The van der Waals surface area contributed by atoms with Crippen LogP contribution in [-0.4, -0.2) is 4.98 Å². The SMILES string of the molecule is Clc1ccc(N=NC(Cl)c2c(Cl)cncc2Cl)cc1. The van der Waals surface area contributed by atoms with Gasteiger partial charge in [-0.15, -0.1) is 0 Å². The summed E-state index contributed by atoms with van der Waals surface area (Å²) in [6.07, 6.45) is 2.91. The molecule has 19 heavy (non-hydrogen) atoms. The van der Waals surface area contributed by atoms with E-state index in [1.54, 1.807) is 24.3 Å². The van der Waals surface area contributed by atoms with Crippen LogP contribution in [0.4, 0.5) is 5.69 Å². The van der Waals surface area contributed by atoms with Gasteiger partial charge in [-0.3, -0.25) is 4.98 Å². The molecule has 0 aliphatic heterocycles. The van der Waals surface area contributed by atoms with Crippen molar-refractivity contribution in [2.75, 3.05) is 0 Å². The van der Waals surface area contributed by atoms with E-state index in [0.29, 0.717) is 26.3 Å². The summed E-state index contributed by atoms with van der Waals surface area (Å²) in [6, 6.07) is 6.88. The molecule has 1 atom stereocenters.